The topological polar surface area (TPSA) is 26.0 Å². The maximum absolute atomic E-state index is 15.4. The smallest absolute Gasteiger partial charge is 0.200 e. The standard InChI is InChI=1S/C24BF20.C12H13N2O/c26-5-1(6(27)14(35)21(42)13(5)34)25(2-7(28)15(36)22(43)16(37)8(2)29,3-9(30)17(38)23(44)18(39)10(3)31)4-11(32)19(40)24(45)20(41)12(4)33;1-15-12-5-3-2-4-11(12)10-14-8-6-13-7-9-14/h;2-9H,10H2,1H3/q-1;+1. The number of nitrogens with zero attached hydrogens (tertiary/aromatic N) is 2. The highest BCUT2D eigenvalue weighted by molar-refractivity contribution is 7.20. The summed E-state index contributed by atoms with van der Waals surface area (Å²) < 4.78 is 301. The summed E-state index contributed by atoms with van der Waals surface area (Å²) in [6.45, 7) is 0.798. The zero-order chi connectivity index (χ0) is 44.9. The summed E-state index contributed by atoms with van der Waals surface area (Å²) in [5, 5.41) is 0. The molecule has 0 amide bonds. The molecule has 0 saturated heterocycles. The predicted molar refractivity (Wildman–Crippen MR) is 166 cm³/mol. The molecule has 60 heavy (non-hydrogen) atoms. The molecule has 0 radical (unpaired) electrons. The van der Waals surface area contributed by atoms with E-state index in [4.69, 9.17) is 4.74 Å². The maximum Gasteiger partial charge on any atom is 0.200 e. The van der Waals surface area contributed by atoms with Crippen LogP contribution in [0.25, 0.3) is 0 Å². The van der Waals surface area contributed by atoms with Gasteiger partial charge in [0.25, 0.3) is 0 Å². The molecule has 0 N–H and O–H groups in total. The normalized spacial score (nSPS) is 11.5. The van der Waals surface area contributed by atoms with Crippen molar-refractivity contribution < 1.29 is 97.1 Å². The average molecular weight is 880 g/mol. The molecule has 316 valence electrons. The molecule has 6 aromatic rings. The van der Waals surface area contributed by atoms with Crippen LogP contribution in [0.2, 0.25) is 0 Å². The SMILES string of the molecule is COc1ccccc1C[n+]1ccncc1.Fc1c(F)c(F)c([B-](c2c(F)c(F)c(F)c(F)c2F)(c2c(F)c(F)c(F)c(F)c2F)c2c(F)c(F)c(F)c(F)c2F)c(F)c1F. The number of ether oxygens (including phenoxy) is 1. The fourth-order valence-corrected chi connectivity index (χ4v) is 6.36. The second kappa shape index (κ2) is 16.7. The second-order valence-electron chi connectivity index (χ2n) is 12.0. The van der Waals surface area contributed by atoms with E-state index >= 15 is 35.1 Å². The van der Waals surface area contributed by atoms with E-state index in [0.29, 0.717) is 0 Å². The van der Waals surface area contributed by atoms with Crippen LogP contribution in [0.3, 0.4) is 0 Å². The molecule has 0 spiro atoms. The van der Waals surface area contributed by atoms with Gasteiger partial charge in [0, 0.05) is 0 Å². The molecule has 0 unspecified atom stereocenters. The van der Waals surface area contributed by atoms with Gasteiger partial charge in [-0.15, -0.1) is 21.9 Å². The summed E-state index contributed by atoms with van der Waals surface area (Å²) >= 11 is 0. The molecular weight excluding hydrogens is 867 g/mol. The van der Waals surface area contributed by atoms with Crippen molar-refractivity contribution in [3.63, 3.8) is 0 Å². The monoisotopic (exact) mass is 880 g/mol. The molecule has 1 aromatic heterocycles. The van der Waals surface area contributed by atoms with Crippen molar-refractivity contribution >= 4 is 28.0 Å². The lowest BCUT2D eigenvalue weighted by molar-refractivity contribution is -0.688. The number of hydrogen-bond acceptors (Lipinski definition) is 2. The van der Waals surface area contributed by atoms with Crippen LogP contribution in [0.4, 0.5) is 87.8 Å². The molecule has 0 aliphatic carbocycles. The lowest BCUT2D eigenvalue weighted by Crippen LogP contribution is -2.81. The van der Waals surface area contributed by atoms with Crippen molar-refractivity contribution in [2.45, 2.75) is 6.54 Å². The highest BCUT2D eigenvalue weighted by atomic mass is 19.2. The van der Waals surface area contributed by atoms with E-state index in [0.717, 1.165) is 17.9 Å². The Balaban J connectivity index is 0.000000379. The number of methoxy groups -OCH3 is 1. The predicted octanol–water partition coefficient (Wildman–Crippen LogP) is 7.27. The minimum absolute atomic E-state index is 0.798. The van der Waals surface area contributed by atoms with Gasteiger partial charge in [0.1, 0.15) is 58.4 Å². The number of para-hydroxylation sites is 1. The first-order chi connectivity index (χ1) is 28.1. The van der Waals surface area contributed by atoms with Gasteiger partial charge >= 0.3 is 0 Å². The molecule has 0 aliphatic rings. The molecule has 0 saturated carbocycles. The van der Waals surface area contributed by atoms with E-state index < -0.39 is 144 Å². The molecule has 0 aliphatic heterocycles. The first-order valence-electron chi connectivity index (χ1n) is 15.7. The lowest BCUT2D eigenvalue weighted by atomic mass is 9.12. The van der Waals surface area contributed by atoms with Gasteiger partial charge in [-0.1, -0.05) is 12.1 Å². The molecule has 6 rings (SSSR count). The number of rotatable bonds is 7. The van der Waals surface area contributed by atoms with Crippen LogP contribution >= 0.6 is 0 Å². The summed E-state index contributed by atoms with van der Waals surface area (Å²) in [6, 6.07) is 8.02. The number of aromatic nitrogens is 2. The molecule has 3 nitrogen and oxygen atoms in total. The van der Waals surface area contributed by atoms with Crippen molar-refractivity contribution in [1.29, 1.82) is 0 Å². The van der Waals surface area contributed by atoms with Crippen LogP contribution in [0.15, 0.2) is 49.1 Å². The van der Waals surface area contributed by atoms with Crippen molar-refractivity contribution in [1.82, 2.24) is 4.98 Å². The third-order valence-corrected chi connectivity index (χ3v) is 8.94. The third kappa shape index (κ3) is 6.89. The van der Waals surface area contributed by atoms with Gasteiger partial charge in [0.2, 0.25) is 0 Å². The van der Waals surface area contributed by atoms with Crippen LogP contribution in [0.5, 0.6) is 5.75 Å². The van der Waals surface area contributed by atoms with Crippen molar-refractivity contribution in [3.8, 4) is 5.75 Å². The second-order valence-corrected chi connectivity index (χ2v) is 12.0. The molecule has 1 heterocycles. The highest BCUT2D eigenvalue weighted by Crippen LogP contribution is 2.31. The number of benzene rings is 5. The van der Waals surface area contributed by atoms with E-state index in [1.165, 1.54) is 0 Å². The first-order valence-corrected chi connectivity index (χ1v) is 15.7. The zero-order valence-corrected chi connectivity index (χ0v) is 28.8. The zero-order valence-electron chi connectivity index (χ0n) is 28.8. The van der Waals surface area contributed by atoms with Crippen LogP contribution in [0.1, 0.15) is 5.56 Å². The number of hydrogen-bond donors (Lipinski definition) is 0. The molecule has 0 fully saturated rings. The molecule has 0 bridgehead atoms. The summed E-state index contributed by atoms with van der Waals surface area (Å²) in [7, 11) is 1.69. The van der Waals surface area contributed by atoms with Crippen LogP contribution in [-0.4, -0.2) is 18.2 Å². The molecular formula is C36H13BF20N2O. The summed E-state index contributed by atoms with van der Waals surface area (Å²) in [4.78, 5) is 3.98. The van der Waals surface area contributed by atoms with E-state index in [-0.39, 0.29) is 0 Å². The van der Waals surface area contributed by atoms with Crippen molar-refractivity contribution in [2.24, 2.45) is 0 Å². The Hall–Kier alpha value is -6.36. The Kier molecular flexibility index (Phi) is 12.5. The maximum atomic E-state index is 15.4. The van der Waals surface area contributed by atoms with Crippen LogP contribution < -0.4 is 31.2 Å². The molecule has 5 aromatic carbocycles. The Morgan fingerprint density at radius 2 is 0.650 bits per heavy atom. The van der Waals surface area contributed by atoms with E-state index in [1.807, 2.05) is 30.6 Å². The van der Waals surface area contributed by atoms with Crippen LogP contribution in [-0.2, 0) is 6.54 Å². The fraction of sp³-hybridized carbons (Fsp3) is 0.0556. The lowest BCUT2D eigenvalue weighted by Gasteiger charge is -2.44. The largest absolute Gasteiger partial charge is 0.496 e. The minimum Gasteiger partial charge on any atom is -0.496 e. The Labute approximate surface area is 320 Å². The summed E-state index contributed by atoms with van der Waals surface area (Å²) in [5.74, 6) is -70.5. The fourth-order valence-electron chi connectivity index (χ4n) is 6.36. The van der Waals surface area contributed by atoms with Crippen molar-refractivity contribution in [3.05, 3.63) is 171 Å². The van der Waals surface area contributed by atoms with Gasteiger partial charge in [0.15, 0.2) is 88.7 Å². The van der Waals surface area contributed by atoms with Gasteiger partial charge in [0.05, 0.1) is 25.1 Å². The third-order valence-electron chi connectivity index (χ3n) is 8.94. The number of halogens is 20. The summed E-state index contributed by atoms with van der Waals surface area (Å²) in [5.41, 5.74) is -13.2. The Bertz CT molecular complexity index is 2300. The van der Waals surface area contributed by atoms with Gasteiger partial charge in [-0.3, -0.25) is 4.98 Å². The Morgan fingerprint density at radius 1 is 0.400 bits per heavy atom. The quantitative estimate of drug-likeness (QED) is 0.0555. The van der Waals surface area contributed by atoms with E-state index in [9.17, 15) is 52.7 Å². The molecule has 24 heteroatoms. The van der Waals surface area contributed by atoms with Crippen molar-refractivity contribution in [2.75, 3.05) is 7.11 Å². The van der Waals surface area contributed by atoms with Gasteiger partial charge in [-0.25, -0.2) is 87.8 Å². The molecule has 0 atom stereocenters. The summed E-state index contributed by atoms with van der Waals surface area (Å²) in [6.07, 6.45) is 0.203. The van der Waals surface area contributed by atoms with E-state index in [2.05, 4.69) is 15.6 Å². The van der Waals surface area contributed by atoms with Crippen LogP contribution in [0, 0.1) is 116 Å². The van der Waals surface area contributed by atoms with Gasteiger partial charge in [-0.2, -0.15) is 4.57 Å². The van der Waals surface area contributed by atoms with Gasteiger partial charge < -0.3 is 4.74 Å². The average Bonchev–Trinajstić information content (AvgIpc) is 3.24. The van der Waals surface area contributed by atoms with Gasteiger partial charge in [-0.05, 0) is 12.1 Å². The Morgan fingerprint density at radius 3 is 0.917 bits per heavy atom. The van der Waals surface area contributed by atoms with E-state index in [1.54, 1.807) is 19.5 Å². The highest BCUT2D eigenvalue weighted by Gasteiger charge is 2.52. The minimum atomic E-state index is -7.22. The first kappa shape index (κ1) is 44.7.